The van der Waals surface area contributed by atoms with E-state index in [2.05, 4.69) is 208 Å². The Morgan fingerprint density at radius 3 is 1.71 bits per heavy atom. The van der Waals surface area contributed by atoms with E-state index in [-0.39, 0.29) is 10.8 Å². The fraction of sp³-hybridized carbons (Fsp3) is 0.158. The third-order valence-electron chi connectivity index (χ3n) is 12.8. The van der Waals surface area contributed by atoms with Crippen molar-refractivity contribution in [1.82, 2.24) is 13.7 Å². The number of para-hydroxylation sites is 2. The summed E-state index contributed by atoms with van der Waals surface area (Å²) in [6, 6.07) is 52.3. The molecule has 0 radical (unpaired) electrons. The van der Waals surface area contributed by atoms with Crippen molar-refractivity contribution < 1.29 is 0 Å². The van der Waals surface area contributed by atoms with Crippen molar-refractivity contribution in [3.63, 3.8) is 0 Å². The van der Waals surface area contributed by atoms with Gasteiger partial charge in [0, 0.05) is 43.9 Å². The van der Waals surface area contributed by atoms with Crippen LogP contribution in [0, 0.1) is 35.0 Å². The molecule has 5 nitrogen and oxygen atoms in total. The number of rotatable bonds is 5. The Balaban J connectivity index is 1.26. The molecule has 0 saturated heterocycles. The quantitative estimate of drug-likeness (QED) is 0.163. The second-order valence-corrected chi connectivity index (χ2v) is 18.5. The lowest BCUT2D eigenvalue weighted by Crippen LogP contribution is -2.10. The SMILES string of the molecule is C=C/C(=C\c1c(C)n(-c2ccc(-n3c4ccc(-n5c6ccccc6c6ccccc65)cc4c4c5ccccc5ccc43)c(C#N)c2C#N)c2ccc(C(C)(C)C)cc12)C(C)(C)C. The van der Waals surface area contributed by atoms with E-state index in [4.69, 9.17) is 0 Å². The fourth-order valence-corrected chi connectivity index (χ4v) is 9.70. The van der Waals surface area contributed by atoms with Crippen LogP contribution in [-0.2, 0) is 5.41 Å². The lowest BCUT2D eigenvalue weighted by atomic mass is 9.84. The normalized spacial score (nSPS) is 12.6. The third-order valence-corrected chi connectivity index (χ3v) is 12.8. The lowest BCUT2D eigenvalue weighted by molar-refractivity contribution is 0.521. The number of hydrogen-bond donors (Lipinski definition) is 0. The maximum Gasteiger partial charge on any atom is 0.103 e. The van der Waals surface area contributed by atoms with Gasteiger partial charge in [0.05, 0.1) is 50.1 Å². The summed E-state index contributed by atoms with van der Waals surface area (Å²) in [5.74, 6) is 0. The molecule has 0 amide bonds. The summed E-state index contributed by atoms with van der Waals surface area (Å²) >= 11 is 0. The van der Waals surface area contributed by atoms with Crippen LogP contribution in [0.1, 0.15) is 69.5 Å². The first kappa shape index (κ1) is 38.6. The summed E-state index contributed by atoms with van der Waals surface area (Å²) in [4.78, 5) is 0. The number of aromatic nitrogens is 3. The highest BCUT2D eigenvalue weighted by Crippen LogP contribution is 2.43. The standard InChI is InChI=1S/C57H47N5/c1-9-37(56(3,4)5)30-43-35(2)60(50-26-23-38(31-44(43)50)57(6,7)8)52-28-29-53(47(34-59)46(52)33-58)62-51-27-24-39(32-45(51)55-40-17-11-10-16-36(40)22-25-54(55)62)61-48-20-14-12-18-41(48)42-19-13-15-21-49(42)61/h9-32H,1H2,2-8H3/b37-30+. The maximum atomic E-state index is 11.2. The highest BCUT2D eigenvalue weighted by molar-refractivity contribution is 6.22. The number of benzene rings is 7. The number of allylic oxidation sites excluding steroid dienone is 2. The molecule has 0 aliphatic carbocycles. The van der Waals surface area contributed by atoms with Gasteiger partial charge in [-0.05, 0) is 106 Å². The molecule has 0 aliphatic heterocycles. The molecule has 300 valence electrons. The Kier molecular flexibility index (Phi) is 8.70. The average molecular weight is 802 g/mol. The van der Waals surface area contributed by atoms with Crippen molar-refractivity contribution in [2.75, 3.05) is 0 Å². The Hall–Kier alpha value is -7.60. The number of fused-ring (bicyclic) bond motifs is 9. The van der Waals surface area contributed by atoms with Gasteiger partial charge in [0.1, 0.15) is 12.1 Å². The zero-order valence-corrected chi connectivity index (χ0v) is 36.3. The van der Waals surface area contributed by atoms with Gasteiger partial charge < -0.3 is 13.7 Å². The maximum absolute atomic E-state index is 11.2. The van der Waals surface area contributed by atoms with Crippen LogP contribution in [0.25, 0.3) is 88.4 Å². The largest absolute Gasteiger partial charge is 0.312 e. The van der Waals surface area contributed by atoms with Crippen molar-refractivity contribution >= 4 is 71.4 Å². The zero-order chi connectivity index (χ0) is 43.2. The van der Waals surface area contributed by atoms with Gasteiger partial charge >= 0.3 is 0 Å². The van der Waals surface area contributed by atoms with Crippen LogP contribution in [0.15, 0.2) is 152 Å². The summed E-state index contributed by atoms with van der Waals surface area (Å²) in [6.07, 6.45) is 4.19. The summed E-state index contributed by atoms with van der Waals surface area (Å²) in [5, 5.41) is 30.3. The van der Waals surface area contributed by atoms with Gasteiger partial charge in [-0.15, -0.1) is 0 Å². The molecule has 7 aromatic carbocycles. The lowest BCUT2D eigenvalue weighted by Gasteiger charge is -2.21. The zero-order valence-electron chi connectivity index (χ0n) is 36.3. The van der Waals surface area contributed by atoms with E-state index in [1.807, 2.05) is 18.2 Å². The monoisotopic (exact) mass is 801 g/mol. The third kappa shape index (κ3) is 5.73. The van der Waals surface area contributed by atoms with Crippen molar-refractivity contribution in [3.05, 3.63) is 180 Å². The Morgan fingerprint density at radius 1 is 0.548 bits per heavy atom. The molecule has 0 N–H and O–H groups in total. The minimum atomic E-state index is -0.129. The van der Waals surface area contributed by atoms with Gasteiger partial charge in [-0.3, -0.25) is 0 Å². The number of nitriles is 2. The van der Waals surface area contributed by atoms with Gasteiger partial charge in [-0.25, -0.2) is 0 Å². The Labute approximate surface area is 362 Å². The molecule has 0 atom stereocenters. The van der Waals surface area contributed by atoms with Gasteiger partial charge in [-0.2, -0.15) is 10.5 Å². The van der Waals surface area contributed by atoms with Crippen LogP contribution in [0.5, 0.6) is 0 Å². The molecular weight excluding hydrogens is 755 g/mol. The van der Waals surface area contributed by atoms with E-state index >= 15 is 0 Å². The number of nitrogens with zero attached hydrogens (tertiary/aromatic N) is 5. The molecule has 0 unspecified atom stereocenters. The molecule has 0 bridgehead atoms. The smallest absolute Gasteiger partial charge is 0.103 e. The van der Waals surface area contributed by atoms with Crippen LogP contribution in [-0.4, -0.2) is 13.7 Å². The molecule has 10 rings (SSSR count). The predicted octanol–water partition coefficient (Wildman–Crippen LogP) is 14.9. The number of hydrogen-bond acceptors (Lipinski definition) is 2. The Morgan fingerprint density at radius 2 is 1.10 bits per heavy atom. The molecule has 0 saturated carbocycles. The summed E-state index contributed by atoms with van der Waals surface area (Å²) in [6.45, 7) is 19.6. The van der Waals surface area contributed by atoms with E-state index in [9.17, 15) is 10.5 Å². The van der Waals surface area contributed by atoms with Crippen molar-refractivity contribution in [1.29, 1.82) is 10.5 Å². The topological polar surface area (TPSA) is 62.4 Å². The fourth-order valence-electron chi connectivity index (χ4n) is 9.70. The van der Waals surface area contributed by atoms with Gasteiger partial charge in [-0.1, -0.05) is 127 Å². The van der Waals surface area contributed by atoms with Gasteiger partial charge in [0.25, 0.3) is 0 Å². The van der Waals surface area contributed by atoms with Crippen molar-refractivity contribution in [3.8, 4) is 29.2 Å². The first-order chi connectivity index (χ1) is 29.8. The van der Waals surface area contributed by atoms with Crippen LogP contribution < -0.4 is 0 Å². The molecule has 62 heavy (non-hydrogen) atoms. The molecule has 0 aliphatic rings. The van der Waals surface area contributed by atoms with Gasteiger partial charge in [0.2, 0.25) is 0 Å². The molecular formula is C57H47N5. The summed E-state index contributed by atoms with van der Waals surface area (Å²) < 4.78 is 6.69. The molecule has 5 heteroatoms. The second kappa shape index (κ2) is 14.0. The molecule has 3 heterocycles. The molecule has 0 fully saturated rings. The highest BCUT2D eigenvalue weighted by Gasteiger charge is 2.26. The van der Waals surface area contributed by atoms with E-state index < -0.39 is 0 Å². The summed E-state index contributed by atoms with van der Waals surface area (Å²) in [5.41, 5.74) is 12.5. The summed E-state index contributed by atoms with van der Waals surface area (Å²) in [7, 11) is 0. The molecule has 10 aromatic rings. The van der Waals surface area contributed by atoms with Gasteiger partial charge in [0.15, 0.2) is 0 Å². The first-order valence-electron chi connectivity index (χ1n) is 21.3. The molecule has 0 spiro atoms. The second-order valence-electron chi connectivity index (χ2n) is 18.5. The van der Waals surface area contributed by atoms with Crippen molar-refractivity contribution in [2.24, 2.45) is 5.41 Å². The van der Waals surface area contributed by atoms with Crippen LogP contribution in [0.3, 0.4) is 0 Å². The van der Waals surface area contributed by atoms with E-state index in [0.717, 1.165) is 77.0 Å². The Bertz CT molecular complexity index is 3590. The highest BCUT2D eigenvalue weighted by atomic mass is 15.0. The van der Waals surface area contributed by atoms with E-state index in [0.29, 0.717) is 22.5 Å². The van der Waals surface area contributed by atoms with E-state index in [1.165, 1.54) is 16.3 Å². The van der Waals surface area contributed by atoms with E-state index in [1.54, 1.807) is 0 Å². The predicted molar refractivity (Wildman–Crippen MR) is 260 cm³/mol. The average Bonchev–Trinajstić information content (AvgIpc) is 3.88. The minimum absolute atomic E-state index is 0.0677. The van der Waals surface area contributed by atoms with Crippen LogP contribution in [0.2, 0.25) is 0 Å². The van der Waals surface area contributed by atoms with Crippen LogP contribution in [0.4, 0.5) is 0 Å². The minimum Gasteiger partial charge on any atom is -0.312 e. The first-order valence-corrected chi connectivity index (χ1v) is 21.3. The van der Waals surface area contributed by atoms with Crippen LogP contribution >= 0.6 is 0 Å². The molecule has 3 aromatic heterocycles. The van der Waals surface area contributed by atoms with Crippen molar-refractivity contribution in [2.45, 2.75) is 53.9 Å².